The summed E-state index contributed by atoms with van der Waals surface area (Å²) in [6.45, 7) is 1.90. The van der Waals surface area contributed by atoms with E-state index < -0.39 is 34.6 Å². The number of ether oxygens (including phenoxy) is 1. The lowest BCUT2D eigenvalue weighted by atomic mass is 10.1. The van der Waals surface area contributed by atoms with Gasteiger partial charge in [-0.1, -0.05) is 18.2 Å². The fourth-order valence-corrected chi connectivity index (χ4v) is 3.60. The van der Waals surface area contributed by atoms with Crippen LogP contribution in [0.4, 0.5) is 23.2 Å². The summed E-state index contributed by atoms with van der Waals surface area (Å²) in [6.07, 6.45) is -5.06. The first-order valence-corrected chi connectivity index (χ1v) is 10.4. The highest BCUT2D eigenvalue weighted by atomic mass is 32.2. The first-order valence-electron chi connectivity index (χ1n) is 9.18. The molecule has 0 saturated carbocycles. The van der Waals surface area contributed by atoms with Crippen LogP contribution in [0.5, 0.6) is 5.75 Å². The number of nitrogens with one attached hydrogen (secondary N) is 1. The smallest absolute Gasteiger partial charge is 0.404 e. The number of alkyl halides is 3. The van der Waals surface area contributed by atoms with Gasteiger partial charge >= 0.3 is 6.36 Å². The summed E-state index contributed by atoms with van der Waals surface area (Å²) in [6, 6.07) is 9.50. The van der Waals surface area contributed by atoms with Crippen molar-refractivity contribution < 1.29 is 35.5 Å². The van der Waals surface area contributed by atoms with Crippen molar-refractivity contribution in [2.24, 2.45) is 0 Å². The molecule has 31 heavy (non-hydrogen) atoms. The molecule has 1 aliphatic heterocycles. The number of nitrogens with zero attached hydrogens (tertiary/aromatic N) is 2. The molecule has 0 spiro atoms. The van der Waals surface area contributed by atoms with Crippen LogP contribution in [-0.4, -0.2) is 56.7 Å². The number of halogens is 4. The average molecular weight is 461 g/mol. The Hall–Kier alpha value is -2.86. The van der Waals surface area contributed by atoms with E-state index in [4.69, 9.17) is 0 Å². The predicted octanol–water partition coefficient (Wildman–Crippen LogP) is 2.62. The molecule has 7 nitrogen and oxygen atoms in total. The van der Waals surface area contributed by atoms with Crippen LogP contribution in [0.2, 0.25) is 0 Å². The number of hydrogen-bond acceptors (Lipinski definition) is 5. The van der Waals surface area contributed by atoms with Gasteiger partial charge in [0, 0.05) is 43.9 Å². The average Bonchev–Trinajstić information content (AvgIpc) is 2.70. The van der Waals surface area contributed by atoms with Crippen LogP contribution >= 0.6 is 0 Å². The lowest BCUT2D eigenvalue weighted by Gasteiger charge is -2.35. The topological polar surface area (TPSA) is 78.9 Å². The molecule has 0 aromatic heterocycles. The maximum Gasteiger partial charge on any atom is 0.573 e. The van der Waals surface area contributed by atoms with E-state index in [-0.39, 0.29) is 11.4 Å². The Kier molecular flexibility index (Phi) is 7.01. The van der Waals surface area contributed by atoms with Crippen LogP contribution in [0.3, 0.4) is 0 Å². The Morgan fingerprint density at radius 3 is 2.35 bits per heavy atom. The molecule has 3 rings (SSSR count). The van der Waals surface area contributed by atoms with Gasteiger partial charge in [0.15, 0.2) is 5.75 Å². The van der Waals surface area contributed by atoms with Crippen LogP contribution in [-0.2, 0) is 17.4 Å². The molecule has 168 valence electrons. The molecule has 0 unspecified atom stereocenters. The molecule has 1 heterocycles. The number of carbonyl (C=O) groups excluding carboxylic acids is 1. The normalized spacial score (nSPS) is 15.2. The number of carbonyl (C=O) groups is 1. The van der Waals surface area contributed by atoms with Crippen LogP contribution in [0.25, 0.3) is 0 Å². The van der Waals surface area contributed by atoms with Gasteiger partial charge < -0.3 is 9.64 Å². The standard InChI is InChI=1S/C19H19F4N3O4S/c20-15-4-2-1-3-14(15)12-25-7-9-26(10-8-25)18(27)13-5-6-16(24-31(28)29)17(11-13)30-19(21,22)23/h1-6,11,31H,7-10,12H2,(H,24,28,29). The molecule has 0 atom stereocenters. The summed E-state index contributed by atoms with van der Waals surface area (Å²) in [5.41, 5.74) is 0.0317. The Morgan fingerprint density at radius 1 is 1.06 bits per heavy atom. The molecule has 0 radical (unpaired) electrons. The van der Waals surface area contributed by atoms with Crippen molar-refractivity contribution in [3.63, 3.8) is 0 Å². The van der Waals surface area contributed by atoms with E-state index in [9.17, 15) is 30.8 Å². The van der Waals surface area contributed by atoms with E-state index in [1.165, 1.54) is 17.0 Å². The van der Waals surface area contributed by atoms with Gasteiger partial charge in [-0.05, 0) is 24.3 Å². The van der Waals surface area contributed by atoms with Crippen molar-refractivity contribution in [3.8, 4) is 5.75 Å². The molecular formula is C19H19F4N3O4S. The molecule has 1 amide bonds. The van der Waals surface area contributed by atoms with Crippen LogP contribution in [0.1, 0.15) is 15.9 Å². The number of rotatable bonds is 6. The number of benzene rings is 2. The third kappa shape index (κ3) is 6.31. The zero-order chi connectivity index (χ0) is 22.6. The van der Waals surface area contributed by atoms with Gasteiger partial charge in [-0.3, -0.25) is 14.4 Å². The second-order valence-corrected chi connectivity index (χ2v) is 7.53. The third-order valence-corrected chi connectivity index (χ3v) is 5.10. The van der Waals surface area contributed by atoms with Gasteiger partial charge in [0.2, 0.25) is 10.9 Å². The minimum Gasteiger partial charge on any atom is -0.404 e. The van der Waals surface area contributed by atoms with E-state index in [0.29, 0.717) is 38.3 Å². The van der Waals surface area contributed by atoms with Gasteiger partial charge in [-0.15, -0.1) is 13.2 Å². The summed E-state index contributed by atoms with van der Waals surface area (Å²) < 4.78 is 79.2. The van der Waals surface area contributed by atoms with E-state index in [2.05, 4.69) is 4.74 Å². The van der Waals surface area contributed by atoms with Crippen LogP contribution in [0.15, 0.2) is 42.5 Å². The third-order valence-electron chi connectivity index (χ3n) is 4.68. The molecule has 1 N–H and O–H groups in total. The second-order valence-electron chi connectivity index (χ2n) is 6.79. The zero-order valence-electron chi connectivity index (χ0n) is 16.1. The molecule has 1 fully saturated rings. The molecule has 2 aromatic rings. The van der Waals surface area contributed by atoms with E-state index in [1.54, 1.807) is 18.2 Å². The number of anilines is 1. The van der Waals surface area contributed by atoms with Crippen molar-refractivity contribution in [1.82, 2.24) is 9.80 Å². The molecule has 0 bridgehead atoms. The van der Waals surface area contributed by atoms with Crippen molar-refractivity contribution in [1.29, 1.82) is 0 Å². The summed E-state index contributed by atoms with van der Waals surface area (Å²) in [5, 5.41) is 0. The fourth-order valence-electron chi connectivity index (χ4n) is 3.21. The molecule has 2 aromatic carbocycles. The predicted molar refractivity (Wildman–Crippen MR) is 105 cm³/mol. The number of piperazine rings is 1. The highest BCUT2D eigenvalue weighted by molar-refractivity contribution is 7.73. The summed E-state index contributed by atoms with van der Waals surface area (Å²) in [4.78, 5) is 16.2. The minimum absolute atomic E-state index is 0.0755. The lowest BCUT2D eigenvalue weighted by Crippen LogP contribution is -2.48. The van der Waals surface area contributed by atoms with Crippen LogP contribution in [0, 0.1) is 5.82 Å². The summed E-state index contributed by atoms with van der Waals surface area (Å²) in [5.74, 6) is -1.65. The van der Waals surface area contributed by atoms with E-state index >= 15 is 0 Å². The minimum atomic E-state index is -5.06. The largest absolute Gasteiger partial charge is 0.573 e. The van der Waals surface area contributed by atoms with Crippen molar-refractivity contribution in [2.75, 3.05) is 30.9 Å². The first kappa shape index (κ1) is 22.8. The Bertz CT molecular complexity index is 1010. The maximum atomic E-state index is 13.8. The zero-order valence-corrected chi connectivity index (χ0v) is 17.0. The SMILES string of the molecule is O=C(c1ccc(N[SH](=O)=O)c(OC(F)(F)F)c1)N1CCN(Cc2ccccc2F)CC1. The van der Waals surface area contributed by atoms with Gasteiger partial charge in [0.1, 0.15) is 5.82 Å². The van der Waals surface area contributed by atoms with Gasteiger partial charge in [0.25, 0.3) is 5.91 Å². The lowest BCUT2D eigenvalue weighted by molar-refractivity contribution is -0.274. The first-order chi connectivity index (χ1) is 14.6. The number of amides is 1. The second kappa shape index (κ2) is 9.52. The Balaban J connectivity index is 1.68. The van der Waals surface area contributed by atoms with Crippen molar-refractivity contribution in [2.45, 2.75) is 12.9 Å². The quantitative estimate of drug-likeness (QED) is 0.511. The van der Waals surface area contributed by atoms with Gasteiger partial charge in [0.05, 0.1) is 5.69 Å². The maximum absolute atomic E-state index is 13.8. The van der Waals surface area contributed by atoms with Crippen molar-refractivity contribution >= 4 is 22.5 Å². The summed E-state index contributed by atoms with van der Waals surface area (Å²) in [7, 11) is -3.23. The monoisotopic (exact) mass is 461 g/mol. The molecule has 0 aliphatic carbocycles. The number of hydrogen-bond donors (Lipinski definition) is 2. The Morgan fingerprint density at radius 2 is 1.74 bits per heavy atom. The van der Waals surface area contributed by atoms with E-state index in [1.807, 2.05) is 9.62 Å². The number of thiol groups is 1. The molecule has 1 saturated heterocycles. The molecule has 1 aliphatic rings. The molecular weight excluding hydrogens is 442 g/mol. The van der Waals surface area contributed by atoms with Gasteiger partial charge in [-0.25, -0.2) is 12.8 Å². The highest BCUT2D eigenvalue weighted by Crippen LogP contribution is 2.32. The Labute approximate surface area is 177 Å². The highest BCUT2D eigenvalue weighted by Gasteiger charge is 2.33. The van der Waals surface area contributed by atoms with Gasteiger partial charge in [-0.2, -0.15) is 0 Å². The molecule has 12 heteroatoms. The fraction of sp³-hybridized carbons (Fsp3) is 0.316. The summed E-state index contributed by atoms with van der Waals surface area (Å²) >= 11 is 0. The van der Waals surface area contributed by atoms with E-state index in [0.717, 1.165) is 12.1 Å². The van der Waals surface area contributed by atoms with Crippen LogP contribution < -0.4 is 9.46 Å². The van der Waals surface area contributed by atoms with Crippen molar-refractivity contribution in [3.05, 3.63) is 59.4 Å².